The smallest absolute Gasteiger partial charge is 0.335 e. The van der Waals surface area contributed by atoms with E-state index in [1.807, 2.05) is 0 Å². The maximum absolute atomic E-state index is 10.7. The van der Waals surface area contributed by atoms with Crippen LogP contribution < -0.4 is 4.74 Å². The van der Waals surface area contributed by atoms with Crippen molar-refractivity contribution >= 4 is 11.9 Å². The van der Waals surface area contributed by atoms with Crippen LogP contribution >= 0.6 is 0 Å². The normalized spacial score (nSPS) is 8.95. The maximum atomic E-state index is 10.7. The number of phenols is 1. The van der Waals surface area contributed by atoms with Gasteiger partial charge in [-0.25, -0.2) is 9.59 Å². The van der Waals surface area contributed by atoms with Gasteiger partial charge < -0.3 is 14.9 Å². The summed E-state index contributed by atoms with van der Waals surface area (Å²) in [6, 6.07) is 14.5. The summed E-state index contributed by atoms with van der Waals surface area (Å²) in [4.78, 5) is 20.9. The molecule has 2 rings (SSSR count). The van der Waals surface area contributed by atoms with Gasteiger partial charge in [0, 0.05) is 6.08 Å². The Balaban J connectivity index is 0.000000219. The monoisotopic (exact) mass is 286 g/mol. The van der Waals surface area contributed by atoms with Gasteiger partial charge in [-0.3, -0.25) is 0 Å². The third kappa shape index (κ3) is 5.61. The van der Waals surface area contributed by atoms with Crippen molar-refractivity contribution in [3.8, 4) is 11.5 Å². The van der Waals surface area contributed by atoms with E-state index in [2.05, 4.69) is 11.3 Å². The van der Waals surface area contributed by atoms with Gasteiger partial charge in [0.15, 0.2) is 11.5 Å². The van der Waals surface area contributed by atoms with Crippen LogP contribution in [0.15, 0.2) is 67.3 Å². The molecule has 0 aliphatic carbocycles. The SMILES string of the molecule is C=CC(=O)Oc1ccccc1O.O=C(O)c1ccccc1. The predicted octanol–water partition coefficient (Wildman–Crippen LogP) is 2.87. The first kappa shape index (κ1) is 16.0. The van der Waals surface area contributed by atoms with Gasteiger partial charge in [0.1, 0.15) is 0 Å². The number of carbonyl (C=O) groups excluding carboxylic acids is 1. The van der Waals surface area contributed by atoms with E-state index in [1.54, 1.807) is 42.5 Å². The first-order valence-corrected chi connectivity index (χ1v) is 5.95. The van der Waals surface area contributed by atoms with Crippen LogP contribution in [-0.2, 0) is 4.79 Å². The van der Waals surface area contributed by atoms with Gasteiger partial charge in [0.05, 0.1) is 5.56 Å². The summed E-state index contributed by atoms with van der Waals surface area (Å²) in [5.41, 5.74) is 0.331. The molecule has 0 aromatic heterocycles. The number of aromatic carboxylic acids is 1. The van der Waals surface area contributed by atoms with E-state index >= 15 is 0 Å². The molecule has 0 spiro atoms. The van der Waals surface area contributed by atoms with Crippen molar-refractivity contribution in [2.75, 3.05) is 0 Å². The van der Waals surface area contributed by atoms with Crippen LogP contribution in [0, 0.1) is 0 Å². The van der Waals surface area contributed by atoms with E-state index in [0.29, 0.717) is 5.56 Å². The Morgan fingerprint density at radius 3 is 2.05 bits per heavy atom. The van der Waals surface area contributed by atoms with Gasteiger partial charge in [-0.15, -0.1) is 0 Å². The Morgan fingerprint density at radius 1 is 1.00 bits per heavy atom. The third-order valence-corrected chi connectivity index (χ3v) is 2.26. The number of phenolic OH excluding ortho intramolecular Hbond substituents is 1. The Hall–Kier alpha value is -3.08. The van der Waals surface area contributed by atoms with Crippen LogP contribution in [0.5, 0.6) is 11.5 Å². The molecule has 21 heavy (non-hydrogen) atoms. The van der Waals surface area contributed by atoms with Gasteiger partial charge in [0.2, 0.25) is 0 Å². The van der Waals surface area contributed by atoms with Gasteiger partial charge in [-0.1, -0.05) is 36.9 Å². The molecule has 0 aliphatic heterocycles. The summed E-state index contributed by atoms with van der Waals surface area (Å²) < 4.78 is 4.69. The summed E-state index contributed by atoms with van der Waals surface area (Å²) in [7, 11) is 0. The van der Waals surface area contributed by atoms with Crippen molar-refractivity contribution in [1.29, 1.82) is 0 Å². The van der Waals surface area contributed by atoms with Crippen molar-refractivity contribution in [3.63, 3.8) is 0 Å². The minimum Gasteiger partial charge on any atom is -0.504 e. The fourth-order valence-electron chi connectivity index (χ4n) is 1.27. The highest BCUT2D eigenvalue weighted by atomic mass is 16.5. The molecule has 0 amide bonds. The fraction of sp³-hybridized carbons (Fsp3) is 0. The number of aromatic hydroxyl groups is 1. The molecule has 0 aliphatic rings. The first-order valence-electron chi connectivity index (χ1n) is 5.95. The van der Waals surface area contributed by atoms with E-state index in [4.69, 9.17) is 10.2 Å². The summed E-state index contributed by atoms with van der Waals surface area (Å²) in [5.74, 6) is -1.39. The minimum absolute atomic E-state index is 0.0623. The first-order chi connectivity index (χ1) is 10.0. The molecule has 5 heteroatoms. The predicted molar refractivity (Wildman–Crippen MR) is 77.3 cm³/mol. The lowest BCUT2D eigenvalue weighted by Gasteiger charge is -2.01. The average Bonchev–Trinajstić information content (AvgIpc) is 2.51. The minimum atomic E-state index is -0.879. The molecule has 0 saturated heterocycles. The number of hydrogen-bond donors (Lipinski definition) is 2. The molecule has 0 radical (unpaired) electrons. The summed E-state index contributed by atoms with van der Waals surface area (Å²) in [6.45, 7) is 3.23. The molecule has 0 saturated carbocycles. The largest absolute Gasteiger partial charge is 0.504 e. The summed E-state index contributed by atoms with van der Waals surface area (Å²) >= 11 is 0. The number of carbonyl (C=O) groups is 2. The average molecular weight is 286 g/mol. The zero-order chi connectivity index (χ0) is 15.7. The molecular formula is C16H14O5. The van der Waals surface area contributed by atoms with Gasteiger partial charge in [0.25, 0.3) is 0 Å². The lowest BCUT2D eigenvalue weighted by atomic mass is 10.2. The highest BCUT2D eigenvalue weighted by Gasteiger charge is 2.03. The maximum Gasteiger partial charge on any atom is 0.335 e. The molecule has 2 aromatic carbocycles. The molecule has 108 valence electrons. The molecule has 0 fully saturated rings. The van der Waals surface area contributed by atoms with E-state index in [0.717, 1.165) is 6.08 Å². The van der Waals surface area contributed by atoms with Crippen LogP contribution in [-0.4, -0.2) is 22.2 Å². The van der Waals surface area contributed by atoms with Crippen molar-refractivity contribution in [2.24, 2.45) is 0 Å². The number of carboxylic acids is 1. The molecule has 0 bridgehead atoms. The van der Waals surface area contributed by atoms with E-state index in [-0.39, 0.29) is 11.5 Å². The Labute approximate surface area is 121 Å². The van der Waals surface area contributed by atoms with Gasteiger partial charge in [-0.2, -0.15) is 0 Å². The molecular weight excluding hydrogens is 272 g/mol. The zero-order valence-electron chi connectivity index (χ0n) is 11.1. The second-order valence-corrected chi connectivity index (χ2v) is 3.76. The quantitative estimate of drug-likeness (QED) is 0.515. The number of esters is 1. The Kier molecular flexibility index (Phi) is 6.21. The van der Waals surface area contributed by atoms with Gasteiger partial charge in [-0.05, 0) is 24.3 Å². The lowest BCUT2D eigenvalue weighted by Crippen LogP contribution is -2.02. The number of carboxylic acid groups (broad SMARTS) is 1. The fourth-order valence-corrected chi connectivity index (χ4v) is 1.27. The number of rotatable bonds is 3. The third-order valence-electron chi connectivity index (χ3n) is 2.26. The zero-order valence-corrected chi connectivity index (χ0v) is 11.1. The highest BCUT2D eigenvalue weighted by molar-refractivity contribution is 5.87. The topological polar surface area (TPSA) is 83.8 Å². The van der Waals surface area contributed by atoms with Crippen LogP contribution in [0.4, 0.5) is 0 Å². The lowest BCUT2D eigenvalue weighted by molar-refractivity contribution is -0.129. The Bertz CT molecular complexity index is 620. The van der Waals surface area contributed by atoms with E-state index < -0.39 is 11.9 Å². The molecule has 0 unspecified atom stereocenters. The van der Waals surface area contributed by atoms with E-state index in [1.165, 1.54) is 12.1 Å². The number of para-hydroxylation sites is 2. The Morgan fingerprint density at radius 2 is 1.57 bits per heavy atom. The molecule has 0 heterocycles. The second kappa shape index (κ2) is 8.16. The second-order valence-electron chi connectivity index (χ2n) is 3.76. The number of ether oxygens (including phenoxy) is 1. The van der Waals surface area contributed by atoms with Crippen molar-refractivity contribution in [1.82, 2.24) is 0 Å². The van der Waals surface area contributed by atoms with Gasteiger partial charge >= 0.3 is 11.9 Å². The van der Waals surface area contributed by atoms with Crippen molar-refractivity contribution in [3.05, 3.63) is 72.8 Å². The summed E-state index contributed by atoms with van der Waals surface area (Å²) in [6.07, 6.45) is 1.03. The van der Waals surface area contributed by atoms with Crippen LogP contribution in [0.1, 0.15) is 10.4 Å². The molecule has 0 atom stereocenters. The van der Waals surface area contributed by atoms with E-state index in [9.17, 15) is 9.59 Å². The summed E-state index contributed by atoms with van der Waals surface area (Å²) in [5, 5.41) is 17.5. The highest BCUT2D eigenvalue weighted by Crippen LogP contribution is 2.24. The standard InChI is InChI=1S/C9H8O3.C7H6O2/c1-2-9(11)12-8-6-4-3-5-7(8)10;8-7(9)6-4-2-1-3-5-6/h2-6,10H,1H2;1-5H,(H,8,9). The van der Waals surface area contributed by atoms with Crippen molar-refractivity contribution in [2.45, 2.75) is 0 Å². The number of hydrogen-bond acceptors (Lipinski definition) is 4. The molecule has 2 N–H and O–H groups in total. The van der Waals surface area contributed by atoms with Crippen LogP contribution in [0.25, 0.3) is 0 Å². The number of benzene rings is 2. The molecule has 2 aromatic rings. The van der Waals surface area contributed by atoms with Crippen LogP contribution in [0.3, 0.4) is 0 Å². The molecule has 5 nitrogen and oxygen atoms in total. The van der Waals surface area contributed by atoms with Crippen molar-refractivity contribution < 1.29 is 24.5 Å². The van der Waals surface area contributed by atoms with Crippen LogP contribution in [0.2, 0.25) is 0 Å².